The number of aromatic nitrogens is 2. The van der Waals surface area contributed by atoms with Crippen LogP contribution in [0.25, 0.3) is 33.3 Å². The second-order valence-electron chi connectivity index (χ2n) is 27.6. The number of aryl methyl sites for hydroxylation is 1. The first-order valence-corrected chi connectivity index (χ1v) is 31.8. The fourth-order valence-corrected chi connectivity index (χ4v) is 16.2. The van der Waals surface area contributed by atoms with Gasteiger partial charge in [0.15, 0.2) is 0 Å². The lowest BCUT2D eigenvalue weighted by molar-refractivity contribution is -0.155. The van der Waals surface area contributed by atoms with Crippen LogP contribution < -0.4 is 21.0 Å². The van der Waals surface area contributed by atoms with E-state index in [9.17, 15) is 9.59 Å². The number of esters is 1. The Bertz CT molecular complexity index is 3100. The lowest BCUT2D eigenvalue weighted by Gasteiger charge is -2.45. The second kappa shape index (κ2) is 22.5. The van der Waals surface area contributed by atoms with Crippen molar-refractivity contribution in [3.63, 3.8) is 0 Å². The van der Waals surface area contributed by atoms with Crippen LogP contribution in [0.5, 0.6) is 0 Å². The monoisotopic (exact) mass is 1120 g/mol. The Balaban J connectivity index is 0.852. The highest BCUT2D eigenvalue weighted by molar-refractivity contribution is 5.96. The van der Waals surface area contributed by atoms with Crippen LogP contribution >= 0.6 is 0 Å². The standard InChI is InChI=1S/C66H89FN10O5/c1-6-76-55-19-18-46-32-50(55)52(60(76)51-33-49(36-68-56(51)41(2)3)73-27-26-72-22-10-9-14-48(72)37-73)34-65(4,5)40-82-64(81)53-15-11-23-77(71-53)62(79)54(31-42-28-43(35-67)30-47(46)29-42)69-61(78)59(45-12-7-8-13-45)74-24-20-66(38-74)21-25-75(39-66)63(80)58-57(70-58)44-16-17-44/h18-19,28-30,32-33,36,41,44-45,48,53-54,57-59,70-71H,6-17,20-27,31,34-35,37-40H2,1-5H3,(H,69,78)/t48-,53+,54+,57-,58-,59+,66+/m1/s1. The molecule has 0 unspecified atom stereocenters. The SMILES string of the molecule is CCn1c(-c2cc(N3CCN4CCCC[C@@H]4C3)cnc2C(C)C)c2c3cc(ccc31)-c1cc(CF)cc(c1)C[C@H](NC(=O)[C@H](C1CCCC1)N1CC[C@]3(CCN(C(=O)[C@@H]4N[C@@H]4C4CC4)C3)C1)C(=O)N1CCC[C@H](N1)C(=O)OCC(C)(C)C2. The van der Waals surface area contributed by atoms with Crippen LogP contribution in [0.4, 0.5) is 10.1 Å². The van der Waals surface area contributed by atoms with Crippen molar-refractivity contribution in [2.45, 2.75) is 186 Å². The van der Waals surface area contributed by atoms with Gasteiger partial charge in [-0.3, -0.25) is 44.3 Å². The lowest BCUT2D eigenvalue weighted by atomic mass is 9.83. The number of carbonyl (C=O) groups is 4. The molecule has 1 spiro atoms. The molecule has 8 fully saturated rings. The summed E-state index contributed by atoms with van der Waals surface area (Å²) < 4.78 is 24.1. The van der Waals surface area contributed by atoms with E-state index in [2.05, 4.69) is 111 Å². The second-order valence-corrected chi connectivity index (χ2v) is 27.6. The van der Waals surface area contributed by atoms with Crippen LogP contribution in [0.2, 0.25) is 0 Å². The molecule has 9 aliphatic rings. The number of rotatable bonds is 11. The van der Waals surface area contributed by atoms with E-state index in [1.807, 2.05) is 12.1 Å². The number of halogens is 1. The topological polar surface area (TPSA) is 158 Å². The molecule has 7 atom stereocenters. The number of fused-ring (bicyclic) bond motifs is 7. The zero-order valence-corrected chi connectivity index (χ0v) is 49.5. The highest BCUT2D eigenvalue weighted by atomic mass is 19.1. The summed E-state index contributed by atoms with van der Waals surface area (Å²) in [6.45, 7) is 18.7. The van der Waals surface area contributed by atoms with Crippen LogP contribution in [-0.2, 0) is 50.0 Å². The van der Waals surface area contributed by atoms with E-state index in [1.165, 1.54) is 43.7 Å². The Morgan fingerprint density at radius 3 is 2.49 bits per heavy atom. The highest BCUT2D eigenvalue weighted by Gasteiger charge is 2.55. The average Bonchev–Trinajstić information content (AvgIpc) is 4.46. The molecule has 15 nitrogen and oxygen atoms in total. The summed E-state index contributed by atoms with van der Waals surface area (Å²) in [4.78, 5) is 73.7. The molecule has 13 rings (SSSR count). The highest BCUT2D eigenvalue weighted by Crippen LogP contribution is 2.47. The number of cyclic esters (lactones) is 1. The maximum Gasteiger partial charge on any atom is 0.324 e. The molecule has 4 aromatic rings. The number of amides is 3. The third-order valence-corrected chi connectivity index (χ3v) is 20.7. The van der Waals surface area contributed by atoms with E-state index in [-0.39, 0.29) is 54.0 Å². The Morgan fingerprint density at radius 1 is 0.878 bits per heavy atom. The van der Waals surface area contributed by atoms with Gasteiger partial charge < -0.3 is 24.4 Å². The van der Waals surface area contributed by atoms with Crippen molar-refractivity contribution in [2.75, 3.05) is 70.4 Å². The van der Waals surface area contributed by atoms with E-state index in [0.29, 0.717) is 55.9 Å². The van der Waals surface area contributed by atoms with E-state index in [1.54, 1.807) is 0 Å². The summed E-state index contributed by atoms with van der Waals surface area (Å²) in [7, 11) is 0. The van der Waals surface area contributed by atoms with Crippen LogP contribution in [0.1, 0.15) is 146 Å². The maximum atomic E-state index is 15.4. The number of likely N-dealkylation sites (tertiary alicyclic amines) is 2. The van der Waals surface area contributed by atoms with E-state index >= 15 is 14.0 Å². The summed E-state index contributed by atoms with van der Waals surface area (Å²) in [6, 6.07) is 13.5. The van der Waals surface area contributed by atoms with Gasteiger partial charge in [0.1, 0.15) is 24.8 Å². The fraction of sp³-hybridized carbons (Fsp3) is 0.652. The van der Waals surface area contributed by atoms with Crippen molar-refractivity contribution in [2.24, 2.45) is 22.7 Å². The largest absolute Gasteiger partial charge is 0.464 e. The predicted octanol–water partition coefficient (Wildman–Crippen LogP) is 8.54. The molecule has 2 aromatic carbocycles. The van der Waals surface area contributed by atoms with E-state index in [4.69, 9.17) is 9.72 Å². The van der Waals surface area contributed by atoms with Gasteiger partial charge in [-0.05, 0) is 160 Å². The summed E-state index contributed by atoms with van der Waals surface area (Å²) in [5, 5.41) is 9.44. The molecule has 2 aromatic heterocycles. The van der Waals surface area contributed by atoms with Gasteiger partial charge in [-0.25, -0.2) is 9.82 Å². The number of carbonyl (C=O) groups excluding carboxylic acids is 4. The van der Waals surface area contributed by atoms with E-state index in [0.717, 1.165) is 140 Å². The first-order chi connectivity index (χ1) is 39.6. The lowest BCUT2D eigenvalue weighted by Crippen LogP contribution is -2.62. The van der Waals surface area contributed by atoms with Crippen molar-refractivity contribution in [1.29, 1.82) is 0 Å². The number of nitrogens with one attached hydrogen (secondary N) is 3. The molecule has 3 N–H and O–H groups in total. The molecule has 3 amide bonds. The molecule has 2 aliphatic carbocycles. The molecular formula is C66H89FN10O5. The van der Waals surface area contributed by atoms with Gasteiger partial charge in [0.05, 0.1) is 35.9 Å². The minimum atomic E-state index is -1.01. The van der Waals surface area contributed by atoms with Crippen molar-refractivity contribution in [3.05, 3.63) is 71.0 Å². The molecule has 440 valence electrons. The molecule has 7 aliphatic heterocycles. The number of ether oxygens (including phenoxy) is 1. The number of alkyl halides is 1. The predicted molar refractivity (Wildman–Crippen MR) is 318 cm³/mol. The molecule has 2 saturated carbocycles. The Labute approximate surface area is 484 Å². The van der Waals surface area contributed by atoms with Crippen molar-refractivity contribution < 1.29 is 28.3 Å². The summed E-state index contributed by atoms with van der Waals surface area (Å²) in [5.74, 6) is 0.264. The molecule has 82 heavy (non-hydrogen) atoms. The summed E-state index contributed by atoms with van der Waals surface area (Å²) in [5.41, 5.74) is 12.4. The first kappa shape index (κ1) is 55.8. The minimum Gasteiger partial charge on any atom is -0.464 e. The molecule has 6 saturated heterocycles. The quantitative estimate of drug-likeness (QED) is 0.0977. The van der Waals surface area contributed by atoms with Gasteiger partial charge in [-0.2, -0.15) is 0 Å². The van der Waals surface area contributed by atoms with Crippen LogP contribution in [0, 0.1) is 22.7 Å². The van der Waals surface area contributed by atoms with Crippen LogP contribution in [-0.4, -0.2) is 155 Å². The number of hydrogen-bond donors (Lipinski definition) is 3. The Hall–Kier alpha value is -5.42. The number of hydrogen-bond acceptors (Lipinski definition) is 11. The summed E-state index contributed by atoms with van der Waals surface area (Å²) in [6.07, 6.45) is 15.9. The van der Waals surface area contributed by atoms with Gasteiger partial charge in [0.2, 0.25) is 11.8 Å². The molecule has 6 bridgehead atoms. The number of piperidine rings is 1. The first-order valence-electron chi connectivity index (χ1n) is 31.8. The maximum absolute atomic E-state index is 15.4. The van der Waals surface area contributed by atoms with E-state index < -0.39 is 36.2 Å². The van der Waals surface area contributed by atoms with Crippen molar-refractivity contribution in [3.8, 4) is 22.4 Å². The molecule has 16 heteroatoms. The Morgan fingerprint density at radius 2 is 1.70 bits per heavy atom. The smallest absolute Gasteiger partial charge is 0.324 e. The zero-order valence-electron chi connectivity index (χ0n) is 49.5. The Kier molecular flexibility index (Phi) is 15.3. The fourth-order valence-electron chi connectivity index (χ4n) is 16.2. The number of benzene rings is 2. The van der Waals surface area contributed by atoms with Gasteiger partial charge in [-0.1, -0.05) is 65.2 Å². The minimum absolute atomic E-state index is 0.0437. The number of pyridine rings is 1. The van der Waals surface area contributed by atoms with Gasteiger partial charge in [0, 0.05) is 98.2 Å². The number of nitrogens with zero attached hydrogens (tertiary/aromatic N) is 7. The normalized spacial score (nSPS) is 28.7. The number of piperazine rings is 1. The number of anilines is 1. The third-order valence-electron chi connectivity index (χ3n) is 20.7. The van der Waals surface area contributed by atoms with Crippen LogP contribution in [0.3, 0.4) is 0 Å². The van der Waals surface area contributed by atoms with Gasteiger partial charge in [-0.15, -0.1) is 0 Å². The summed E-state index contributed by atoms with van der Waals surface area (Å²) >= 11 is 0. The molecule has 0 radical (unpaired) electrons. The van der Waals surface area contributed by atoms with Crippen molar-refractivity contribution >= 4 is 40.3 Å². The van der Waals surface area contributed by atoms with Crippen LogP contribution in [0.15, 0.2) is 48.7 Å². The van der Waals surface area contributed by atoms with Crippen molar-refractivity contribution in [1.82, 2.24) is 45.3 Å². The average molecular weight is 1120 g/mol. The molecular weight excluding hydrogens is 1030 g/mol. The third kappa shape index (κ3) is 11.0. The van der Waals surface area contributed by atoms with Gasteiger partial charge in [0.25, 0.3) is 5.91 Å². The molecule has 9 heterocycles. The zero-order chi connectivity index (χ0) is 56.6. The number of hydrazine groups is 1. The van der Waals surface area contributed by atoms with Gasteiger partial charge >= 0.3 is 5.97 Å².